The van der Waals surface area contributed by atoms with Gasteiger partial charge in [-0.2, -0.15) is 13.2 Å². The van der Waals surface area contributed by atoms with Crippen molar-refractivity contribution in [3.63, 3.8) is 0 Å². The molecule has 0 saturated carbocycles. The van der Waals surface area contributed by atoms with Gasteiger partial charge in [0.05, 0.1) is 18.0 Å². The van der Waals surface area contributed by atoms with Crippen molar-refractivity contribution in [2.75, 3.05) is 0 Å². The fourth-order valence-electron chi connectivity index (χ4n) is 2.37. The molecule has 10 heteroatoms. The molecule has 0 radical (unpaired) electrons. The predicted octanol–water partition coefficient (Wildman–Crippen LogP) is 2.85. The number of nitrogens with one attached hydrogen (secondary N) is 1. The molecule has 1 amide bonds. The maximum Gasteiger partial charge on any atom is 0.417 e. The highest BCUT2D eigenvalue weighted by atomic mass is 35.5. The number of rotatable bonds is 6. The van der Waals surface area contributed by atoms with Gasteiger partial charge in [0.1, 0.15) is 6.54 Å². The van der Waals surface area contributed by atoms with Gasteiger partial charge in [0.25, 0.3) is 5.56 Å². The molecule has 1 aromatic carbocycles. The highest BCUT2D eigenvalue weighted by molar-refractivity contribution is 6.30. The van der Waals surface area contributed by atoms with Gasteiger partial charge < -0.3 is 15.0 Å². The van der Waals surface area contributed by atoms with E-state index in [1.54, 1.807) is 18.2 Å². The summed E-state index contributed by atoms with van der Waals surface area (Å²) in [5.41, 5.74) is -1.46. The molecule has 1 unspecified atom stereocenters. The van der Waals surface area contributed by atoms with Crippen LogP contribution in [-0.2, 0) is 22.3 Å². The number of benzene rings is 1. The minimum Gasteiger partial charge on any atom is -0.481 e. The summed E-state index contributed by atoms with van der Waals surface area (Å²) < 4.78 is 38.9. The molecule has 1 heterocycles. The average Bonchev–Trinajstić information content (AvgIpc) is 2.55. The number of halogens is 4. The number of nitrogens with zero attached hydrogens (tertiary/aromatic N) is 1. The van der Waals surface area contributed by atoms with Crippen molar-refractivity contribution in [3.05, 3.63) is 69.1 Å². The van der Waals surface area contributed by atoms with Crippen molar-refractivity contribution in [2.45, 2.75) is 25.2 Å². The number of carbonyl (C=O) groups excluding carboxylic acids is 1. The maximum absolute atomic E-state index is 12.8. The molecule has 1 aromatic heterocycles. The van der Waals surface area contributed by atoms with Crippen molar-refractivity contribution in [1.29, 1.82) is 0 Å². The van der Waals surface area contributed by atoms with Gasteiger partial charge in [-0.25, -0.2) is 0 Å². The normalized spacial score (nSPS) is 12.4. The first-order valence-electron chi connectivity index (χ1n) is 7.60. The van der Waals surface area contributed by atoms with Crippen LogP contribution in [-0.4, -0.2) is 21.6 Å². The standard InChI is InChI=1S/C17H14ClF3N2O4/c18-12-3-1-2-10(6-12)13(7-16(26)27)22-14(24)9-23-8-11(17(19,20)21)4-5-15(23)25/h1-6,8,13H,7,9H2,(H,22,24)(H,26,27). The van der Waals surface area contributed by atoms with E-state index in [0.29, 0.717) is 33.5 Å². The molecule has 0 saturated heterocycles. The van der Waals surface area contributed by atoms with Crippen molar-refractivity contribution in [3.8, 4) is 0 Å². The van der Waals surface area contributed by atoms with Crippen LogP contribution in [0.3, 0.4) is 0 Å². The Balaban J connectivity index is 2.21. The maximum atomic E-state index is 12.8. The van der Waals surface area contributed by atoms with Crippen LogP contribution in [0.25, 0.3) is 0 Å². The van der Waals surface area contributed by atoms with E-state index in [1.807, 2.05) is 0 Å². The summed E-state index contributed by atoms with van der Waals surface area (Å²) in [6, 6.07) is 6.51. The Bertz CT molecular complexity index is 912. The number of carbonyl (C=O) groups is 2. The minimum atomic E-state index is -4.67. The third-order valence-electron chi connectivity index (χ3n) is 3.59. The number of pyridine rings is 1. The van der Waals surface area contributed by atoms with Gasteiger partial charge in [-0.1, -0.05) is 23.7 Å². The lowest BCUT2D eigenvalue weighted by molar-refractivity contribution is -0.139. The van der Waals surface area contributed by atoms with E-state index in [1.165, 1.54) is 6.07 Å². The molecule has 2 N–H and O–H groups in total. The molecular weight excluding hydrogens is 389 g/mol. The summed E-state index contributed by atoms with van der Waals surface area (Å²) in [6.07, 6.45) is -4.60. The first kappa shape index (κ1) is 20.5. The second-order valence-corrected chi connectivity index (χ2v) is 6.09. The molecule has 6 nitrogen and oxygen atoms in total. The summed E-state index contributed by atoms with van der Waals surface area (Å²) in [5, 5.41) is 11.8. The molecule has 0 aliphatic carbocycles. The fourth-order valence-corrected chi connectivity index (χ4v) is 2.57. The second kappa shape index (κ2) is 8.26. The van der Waals surface area contributed by atoms with Crippen molar-refractivity contribution < 1.29 is 27.9 Å². The molecular formula is C17H14ClF3N2O4. The zero-order valence-corrected chi connectivity index (χ0v) is 14.4. The fraction of sp³-hybridized carbons (Fsp3) is 0.235. The number of aliphatic carboxylic acids is 1. The number of carboxylic acid groups (broad SMARTS) is 1. The van der Waals surface area contributed by atoms with E-state index in [9.17, 15) is 27.6 Å². The summed E-state index contributed by atoms with van der Waals surface area (Å²) in [6.45, 7) is -0.695. The Labute approximate surface area is 156 Å². The second-order valence-electron chi connectivity index (χ2n) is 5.65. The molecule has 2 aromatic rings. The molecule has 0 aliphatic rings. The van der Waals surface area contributed by atoms with Gasteiger partial charge >= 0.3 is 12.1 Å². The van der Waals surface area contributed by atoms with Crippen LogP contribution in [0.1, 0.15) is 23.6 Å². The van der Waals surface area contributed by atoms with Crippen LogP contribution in [0.5, 0.6) is 0 Å². The number of alkyl halides is 3. The van der Waals surface area contributed by atoms with Gasteiger partial charge in [-0.3, -0.25) is 14.4 Å². The number of hydrogen-bond acceptors (Lipinski definition) is 3. The smallest absolute Gasteiger partial charge is 0.417 e. The molecule has 1 atom stereocenters. The SMILES string of the molecule is O=C(O)CC(NC(=O)Cn1cc(C(F)(F)F)ccc1=O)c1cccc(Cl)c1. The largest absolute Gasteiger partial charge is 0.481 e. The lowest BCUT2D eigenvalue weighted by Crippen LogP contribution is -2.35. The Morgan fingerprint density at radius 3 is 2.52 bits per heavy atom. The minimum absolute atomic E-state index is 0.325. The lowest BCUT2D eigenvalue weighted by Gasteiger charge is -2.18. The number of carboxylic acids is 1. The quantitative estimate of drug-likeness (QED) is 0.777. The Morgan fingerprint density at radius 1 is 1.22 bits per heavy atom. The van der Waals surface area contributed by atoms with Gasteiger partial charge in [-0.05, 0) is 23.8 Å². The third kappa shape index (κ3) is 5.85. The Morgan fingerprint density at radius 2 is 1.93 bits per heavy atom. The van der Waals surface area contributed by atoms with Gasteiger partial charge in [0, 0.05) is 17.3 Å². The van der Waals surface area contributed by atoms with Crippen molar-refractivity contribution >= 4 is 23.5 Å². The van der Waals surface area contributed by atoms with Crippen LogP contribution in [0.4, 0.5) is 13.2 Å². The number of amides is 1. The molecule has 0 aliphatic heterocycles. The number of aromatic nitrogens is 1. The van der Waals surface area contributed by atoms with E-state index >= 15 is 0 Å². The molecule has 0 bridgehead atoms. The zero-order chi connectivity index (χ0) is 20.2. The van der Waals surface area contributed by atoms with E-state index in [0.717, 1.165) is 0 Å². The van der Waals surface area contributed by atoms with Gasteiger partial charge in [0.15, 0.2) is 0 Å². The summed E-state index contributed by atoms with van der Waals surface area (Å²) in [5.74, 6) is -2.01. The highest BCUT2D eigenvalue weighted by Gasteiger charge is 2.31. The van der Waals surface area contributed by atoms with Gasteiger partial charge in [-0.15, -0.1) is 0 Å². The van der Waals surface area contributed by atoms with Crippen LogP contribution in [0.2, 0.25) is 5.02 Å². The number of hydrogen-bond donors (Lipinski definition) is 2. The lowest BCUT2D eigenvalue weighted by atomic mass is 10.0. The summed E-state index contributed by atoms with van der Waals surface area (Å²) in [4.78, 5) is 35.0. The molecule has 0 spiro atoms. The van der Waals surface area contributed by atoms with Crippen molar-refractivity contribution in [2.24, 2.45) is 0 Å². The average molecular weight is 403 g/mol. The van der Waals surface area contributed by atoms with Crippen LogP contribution >= 0.6 is 11.6 Å². The Hall–Kier alpha value is -2.81. The topological polar surface area (TPSA) is 88.4 Å². The van der Waals surface area contributed by atoms with Gasteiger partial charge in [0.2, 0.25) is 5.91 Å². The predicted molar refractivity (Wildman–Crippen MR) is 90.3 cm³/mol. The molecule has 144 valence electrons. The molecule has 2 rings (SSSR count). The molecule has 0 fully saturated rings. The van der Waals surface area contributed by atoms with Crippen molar-refractivity contribution in [1.82, 2.24) is 9.88 Å². The van der Waals surface area contributed by atoms with E-state index in [2.05, 4.69) is 5.32 Å². The first-order chi connectivity index (χ1) is 12.6. The first-order valence-corrected chi connectivity index (χ1v) is 7.98. The summed E-state index contributed by atoms with van der Waals surface area (Å²) >= 11 is 5.86. The Kier molecular flexibility index (Phi) is 6.27. The van der Waals surface area contributed by atoms with E-state index < -0.39 is 48.2 Å². The van der Waals surface area contributed by atoms with Crippen LogP contribution in [0, 0.1) is 0 Å². The van der Waals surface area contributed by atoms with Crippen LogP contribution in [0.15, 0.2) is 47.4 Å². The highest BCUT2D eigenvalue weighted by Crippen LogP contribution is 2.28. The third-order valence-corrected chi connectivity index (χ3v) is 3.82. The van der Waals surface area contributed by atoms with E-state index in [-0.39, 0.29) is 0 Å². The molecule has 27 heavy (non-hydrogen) atoms. The monoisotopic (exact) mass is 402 g/mol. The van der Waals surface area contributed by atoms with E-state index in [4.69, 9.17) is 16.7 Å². The van der Waals surface area contributed by atoms with Crippen LogP contribution < -0.4 is 10.9 Å². The summed E-state index contributed by atoms with van der Waals surface area (Å²) in [7, 11) is 0. The zero-order valence-electron chi connectivity index (χ0n) is 13.7.